The van der Waals surface area contributed by atoms with Crippen molar-refractivity contribution in [3.8, 4) is 17.6 Å². The summed E-state index contributed by atoms with van der Waals surface area (Å²) < 4.78 is 15.7. The van der Waals surface area contributed by atoms with E-state index in [0.717, 1.165) is 4.90 Å². The first kappa shape index (κ1) is 20.3. The van der Waals surface area contributed by atoms with Gasteiger partial charge in [0.05, 0.1) is 11.1 Å². The first-order valence-corrected chi connectivity index (χ1v) is 10.1. The Bertz CT molecular complexity index is 1190. The maximum absolute atomic E-state index is 12.6. The highest BCUT2D eigenvalue weighted by Gasteiger charge is 2.17. The molecular weight excluding hydrogens is 416 g/mol. The van der Waals surface area contributed by atoms with E-state index in [1.54, 1.807) is 54.6 Å². The van der Waals surface area contributed by atoms with Gasteiger partial charge in [0, 0.05) is 21.5 Å². The maximum Gasteiger partial charge on any atom is 0.339 e. The van der Waals surface area contributed by atoms with Crippen LogP contribution < -0.4 is 14.8 Å². The highest BCUT2D eigenvalue weighted by atomic mass is 32.2. The molecular formula is C23H16N2O5S. The standard InChI is InChI=1S/C23H16N2O5S/c24-12-15-5-1-3-7-20(15)31-21-8-4-2-6-17(21)23(27)28-13-22(26)25-16-9-10-18-19(11-16)30-14-29-18/h1-11H,13-14H2,(H,25,26). The molecule has 154 valence electrons. The minimum absolute atomic E-state index is 0.139. The monoisotopic (exact) mass is 432 g/mol. The van der Waals surface area contributed by atoms with Gasteiger partial charge >= 0.3 is 5.97 Å². The van der Waals surface area contributed by atoms with Gasteiger partial charge in [-0.2, -0.15) is 5.26 Å². The van der Waals surface area contributed by atoms with Crippen molar-refractivity contribution in [2.24, 2.45) is 0 Å². The smallest absolute Gasteiger partial charge is 0.339 e. The van der Waals surface area contributed by atoms with Gasteiger partial charge in [-0.15, -0.1) is 0 Å². The normalized spacial score (nSPS) is 11.5. The summed E-state index contributed by atoms with van der Waals surface area (Å²) in [5, 5.41) is 11.9. The Hall–Kier alpha value is -3.96. The molecule has 3 aromatic carbocycles. The van der Waals surface area contributed by atoms with Crippen LogP contribution in [0.15, 0.2) is 76.5 Å². The number of benzene rings is 3. The Morgan fingerprint density at radius 3 is 2.58 bits per heavy atom. The van der Waals surface area contributed by atoms with Crippen molar-refractivity contribution in [1.29, 1.82) is 5.26 Å². The highest BCUT2D eigenvalue weighted by Crippen LogP contribution is 2.34. The minimum Gasteiger partial charge on any atom is -0.454 e. The highest BCUT2D eigenvalue weighted by molar-refractivity contribution is 7.99. The third-order valence-electron chi connectivity index (χ3n) is 4.33. The molecule has 0 spiro atoms. The molecule has 0 aliphatic carbocycles. The Kier molecular flexibility index (Phi) is 6.05. The number of fused-ring (bicyclic) bond motifs is 1. The topological polar surface area (TPSA) is 97.7 Å². The SMILES string of the molecule is N#Cc1ccccc1Sc1ccccc1C(=O)OCC(=O)Nc1ccc2c(c1)OCO2. The number of nitriles is 1. The van der Waals surface area contributed by atoms with E-state index in [9.17, 15) is 14.9 Å². The van der Waals surface area contributed by atoms with Crippen LogP contribution in [-0.2, 0) is 9.53 Å². The van der Waals surface area contributed by atoms with Gasteiger partial charge in [-0.1, -0.05) is 36.0 Å². The molecule has 0 saturated heterocycles. The molecule has 31 heavy (non-hydrogen) atoms. The number of carbonyl (C=O) groups is 2. The van der Waals surface area contributed by atoms with Gasteiger partial charge in [0.25, 0.3) is 5.91 Å². The number of nitrogens with one attached hydrogen (secondary N) is 1. The number of ether oxygens (including phenoxy) is 3. The number of hydrogen-bond donors (Lipinski definition) is 1. The molecule has 3 aromatic rings. The summed E-state index contributed by atoms with van der Waals surface area (Å²) in [6.45, 7) is -0.304. The summed E-state index contributed by atoms with van der Waals surface area (Å²) in [5.41, 5.74) is 1.34. The Labute approximate surface area is 182 Å². The largest absolute Gasteiger partial charge is 0.454 e. The summed E-state index contributed by atoms with van der Waals surface area (Å²) >= 11 is 1.29. The summed E-state index contributed by atoms with van der Waals surface area (Å²) in [6.07, 6.45) is 0. The summed E-state index contributed by atoms with van der Waals surface area (Å²) in [6, 6.07) is 21.2. The molecule has 1 aliphatic heterocycles. The number of amides is 1. The van der Waals surface area contributed by atoms with E-state index in [1.807, 2.05) is 12.1 Å². The molecule has 0 atom stereocenters. The van der Waals surface area contributed by atoms with Gasteiger partial charge in [-0.3, -0.25) is 4.79 Å². The zero-order valence-electron chi connectivity index (χ0n) is 16.2. The van der Waals surface area contributed by atoms with E-state index in [2.05, 4.69) is 11.4 Å². The molecule has 0 bridgehead atoms. The van der Waals surface area contributed by atoms with Gasteiger partial charge in [-0.25, -0.2) is 4.79 Å². The first-order valence-electron chi connectivity index (χ1n) is 9.26. The van der Waals surface area contributed by atoms with Crippen molar-refractivity contribution < 1.29 is 23.8 Å². The van der Waals surface area contributed by atoms with Crippen LogP contribution in [0.5, 0.6) is 11.5 Å². The number of carbonyl (C=O) groups excluding carboxylic acids is 2. The molecule has 1 heterocycles. The van der Waals surface area contributed by atoms with E-state index in [0.29, 0.717) is 33.2 Å². The van der Waals surface area contributed by atoms with Gasteiger partial charge in [0.1, 0.15) is 6.07 Å². The molecule has 0 radical (unpaired) electrons. The minimum atomic E-state index is -0.627. The van der Waals surface area contributed by atoms with Gasteiger partial charge < -0.3 is 19.5 Å². The summed E-state index contributed by atoms with van der Waals surface area (Å²) in [5.74, 6) is 0.0421. The van der Waals surface area contributed by atoms with Crippen LogP contribution in [0.3, 0.4) is 0 Å². The molecule has 1 N–H and O–H groups in total. The van der Waals surface area contributed by atoms with Gasteiger partial charge in [0.2, 0.25) is 6.79 Å². The van der Waals surface area contributed by atoms with E-state index >= 15 is 0 Å². The average molecular weight is 432 g/mol. The second-order valence-electron chi connectivity index (χ2n) is 6.40. The van der Waals surface area contributed by atoms with E-state index in [-0.39, 0.29) is 6.79 Å². The summed E-state index contributed by atoms with van der Waals surface area (Å²) in [4.78, 5) is 26.2. The quantitative estimate of drug-likeness (QED) is 0.582. The number of anilines is 1. The van der Waals surface area contributed by atoms with Crippen LogP contribution in [0.25, 0.3) is 0 Å². The zero-order valence-corrected chi connectivity index (χ0v) is 17.0. The van der Waals surface area contributed by atoms with Crippen molar-refractivity contribution in [3.05, 3.63) is 77.9 Å². The lowest BCUT2D eigenvalue weighted by molar-refractivity contribution is -0.119. The lowest BCUT2D eigenvalue weighted by Crippen LogP contribution is -2.21. The molecule has 7 nitrogen and oxygen atoms in total. The Balaban J connectivity index is 1.40. The number of hydrogen-bond acceptors (Lipinski definition) is 7. The van der Waals surface area contributed by atoms with E-state index < -0.39 is 18.5 Å². The van der Waals surface area contributed by atoms with Crippen molar-refractivity contribution in [2.45, 2.75) is 9.79 Å². The zero-order chi connectivity index (χ0) is 21.6. The van der Waals surface area contributed by atoms with E-state index in [1.165, 1.54) is 11.8 Å². The number of nitrogens with zero attached hydrogens (tertiary/aromatic N) is 1. The Morgan fingerprint density at radius 1 is 1.00 bits per heavy atom. The van der Waals surface area contributed by atoms with Crippen molar-refractivity contribution in [3.63, 3.8) is 0 Å². The molecule has 8 heteroatoms. The fourth-order valence-electron chi connectivity index (χ4n) is 2.87. The van der Waals surface area contributed by atoms with Crippen LogP contribution in [-0.4, -0.2) is 25.3 Å². The van der Waals surface area contributed by atoms with Crippen molar-refractivity contribution in [1.82, 2.24) is 0 Å². The van der Waals surface area contributed by atoms with Crippen LogP contribution in [0.4, 0.5) is 5.69 Å². The summed E-state index contributed by atoms with van der Waals surface area (Å²) in [7, 11) is 0. The van der Waals surface area contributed by atoms with Crippen LogP contribution in [0, 0.1) is 11.3 Å². The molecule has 0 aromatic heterocycles. The van der Waals surface area contributed by atoms with Gasteiger partial charge in [-0.05, 0) is 36.4 Å². The molecule has 0 saturated carbocycles. The fraction of sp³-hybridized carbons (Fsp3) is 0.0870. The fourth-order valence-corrected chi connectivity index (χ4v) is 3.89. The van der Waals surface area contributed by atoms with Crippen LogP contribution in [0.1, 0.15) is 15.9 Å². The third kappa shape index (κ3) is 4.79. The molecule has 0 unspecified atom stereocenters. The van der Waals surface area contributed by atoms with Crippen molar-refractivity contribution >= 4 is 29.3 Å². The van der Waals surface area contributed by atoms with Crippen molar-refractivity contribution in [2.75, 3.05) is 18.7 Å². The lowest BCUT2D eigenvalue weighted by Gasteiger charge is -2.10. The molecule has 1 aliphatic rings. The molecule has 0 fully saturated rings. The molecule has 4 rings (SSSR count). The first-order chi connectivity index (χ1) is 15.1. The lowest BCUT2D eigenvalue weighted by atomic mass is 10.2. The van der Waals surface area contributed by atoms with E-state index in [4.69, 9.17) is 14.2 Å². The number of esters is 1. The van der Waals surface area contributed by atoms with Gasteiger partial charge in [0.15, 0.2) is 18.1 Å². The third-order valence-corrected chi connectivity index (χ3v) is 5.48. The second kappa shape index (κ2) is 9.24. The number of rotatable bonds is 6. The Morgan fingerprint density at radius 2 is 1.74 bits per heavy atom. The predicted molar refractivity (Wildman–Crippen MR) is 113 cm³/mol. The van der Waals surface area contributed by atoms with Crippen LogP contribution in [0.2, 0.25) is 0 Å². The molecule has 1 amide bonds. The second-order valence-corrected chi connectivity index (χ2v) is 7.48. The average Bonchev–Trinajstić information content (AvgIpc) is 3.26. The maximum atomic E-state index is 12.6. The predicted octanol–water partition coefficient (Wildman–Crippen LogP) is 4.23. The van der Waals surface area contributed by atoms with Crippen LogP contribution >= 0.6 is 11.8 Å².